The van der Waals surface area contributed by atoms with E-state index in [1.807, 2.05) is 67.6 Å². The third-order valence-electron chi connectivity index (χ3n) is 7.34. The summed E-state index contributed by atoms with van der Waals surface area (Å²) in [6.45, 7) is 2.32. The third-order valence-corrected chi connectivity index (χ3v) is 7.34. The Morgan fingerprint density at radius 3 is 2.24 bits per heavy atom. The van der Waals surface area contributed by atoms with Crippen molar-refractivity contribution < 1.29 is 29.4 Å². The lowest BCUT2D eigenvalue weighted by atomic mass is 9.91. The van der Waals surface area contributed by atoms with Gasteiger partial charge >= 0.3 is 11.9 Å². The molecule has 2 N–H and O–H groups in total. The fourth-order valence-electron chi connectivity index (χ4n) is 5.11. The predicted octanol–water partition coefficient (Wildman–Crippen LogP) is 6.84. The monoisotopic (exact) mass is 549 g/mol. The van der Waals surface area contributed by atoms with E-state index in [1.165, 1.54) is 24.8 Å². The highest BCUT2D eigenvalue weighted by Gasteiger charge is 2.27. The van der Waals surface area contributed by atoms with Gasteiger partial charge in [-0.3, -0.25) is 0 Å². The molecule has 7 nitrogen and oxygen atoms in total. The molecule has 4 aromatic rings. The molecule has 0 saturated heterocycles. The van der Waals surface area contributed by atoms with E-state index in [-0.39, 0.29) is 11.1 Å². The number of carboxylic acids is 2. The molecule has 5 rings (SSSR count). The predicted molar refractivity (Wildman–Crippen MR) is 156 cm³/mol. The first kappa shape index (κ1) is 27.6. The topological polar surface area (TPSA) is 105 Å². The van der Waals surface area contributed by atoms with Crippen LogP contribution in [0, 0.1) is 6.92 Å². The third kappa shape index (κ3) is 6.30. The van der Waals surface area contributed by atoms with Gasteiger partial charge in [-0.2, -0.15) is 0 Å². The van der Waals surface area contributed by atoms with Crippen molar-refractivity contribution in [2.24, 2.45) is 5.16 Å². The molecular weight excluding hydrogens is 518 g/mol. The van der Waals surface area contributed by atoms with Gasteiger partial charge < -0.3 is 19.8 Å². The van der Waals surface area contributed by atoms with Crippen LogP contribution in [0.15, 0.2) is 90.1 Å². The zero-order valence-corrected chi connectivity index (χ0v) is 23.0. The number of hydrogen-bond donors (Lipinski definition) is 2. The van der Waals surface area contributed by atoms with Gasteiger partial charge in [0.1, 0.15) is 25.2 Å². The Morgan fingerprint density at radius 2 is 1.59 bits per heavy atom. The Bertz CT molecular complexity index is 1620. The Hall–Kier alpha value is -4.91. The summed E-state index contributed by atoms with van der Waals surface area (Å²) >= 11 is 0. The summed E-state index contributed by atoms with van der Waals surface area (Å²) in [5, 5.41) is 23.4. The number of oxime groups is 1. The number of aryl methyl sites for hydroxylation is 1. The van der Waals surface area contributed by atoms with Crippen molar-refractivity contribution in [3.8, 4) is 5.75 Å². The van der Waals surface area contributed by atoms with Gasteiger partial charge in [0.05, 0.1) is 11.1 Å². The van der Waals surface area contributed by atoms with Crippen LogP contribution in [0.1, 0.15) is 78.4 Å². The van der Waals surface area contributed by atoms with Crippen LogP contribution >= 0.6 is 0 Å². The van der Waals surface area contributed by atoms with Crippen molar-refractivity contribution in [3.05, 3.63) is 135 Å². The second kappa shape index (κ2) is 12.1. The number of benzene rings is 4. The van der Waals surface area contributed by atoms with Gasteiger partial charge in [0, 0.05) is 11.1 Å². The number of nitrogens with zero attached hydrogens (tertiary/aromatic N) is 1. The number of rotatable bonds is 11. The van der Waals surface area contributed by atoms with Crippen LogP contribution in [0.5, 0.6) is 5.75 Å². The van der Waals surface area contributed by atoms with E-state index in [1.54, 1.807) is 6.07 Å². The summed E-state index contributed by atoms with van der Waals surface area (Å²) in [4.78, 5) is 28.5. The number of carbonyl (C=O) groups is 2. The molecule has 1 saturated carbocycles. The lowest BCUT2D eigenvalue weighted by molar-refractivity contribution is 0.0695. The molecule has 0 aliphatic heterocycles. The first-order chi connectivity index (χ1) is 19.9. The van der Waals surface area contributed by atoms with Gasteiger partial charge in [-0.25, -0.2) is 9.59 Å². The summed E-state index contributed by atoms with van der Waals surface area (Å²) in [5.41, 5.74) is 7.26. The lowest BCUT2D eigenvalue weighted by Crippen LogP contribution is -2.10. The van der Waals surface area contributed by atoms with Gasteiger partial charge in [-0.1, -0.05) is 59.8 Å². The summed E-state index contributed by atoms with van der Waals surface area (Å²) in [7, 11) is 1.53. The molecule has 208 valence electrons. The van der Waals surface area contributed by atoms with Crippen LogP contribution in [0.25, 0.3) is 0 Å². The zero-order chi connectivity index (χ0) is 28.9. The van der Waals surface area contributed by atoms with Gasteiger partial charge in [0.15, 0.2) is 0 Å². The van der Waals surface area contributed by atoms with Crippen LogP contribution in [0.3, 0.4) is 0 Å². The highest BCUT2D eigenvalue weighted by Crippen LogP contribution is 2.43. The van der Waals surface area contributed by atoms with Crippen molar-refractivity contribution in [1.82, 2.24) is 0 Å². The van der Waals surface area contributed by atoms with Gasteiger partial charge in [0.2, 0.25) is 0 Å². The average molecular weight is 550 g/mol. The summed E-state index contributed by atoms with van der Waals surface area (Å²) in [6.07, 6.45) is 2.57. The molecule has 1 fully saturated rings. The maximum atomic E-state index is 12.0. The van der Waals surface area contributed by atoms with Crippen LogP contribution in [-0.2, 0) is 17.9 Å². The highest BCUT2D eigenvalue weighted by atomic mass is 16.6. The van der Waals surface area contributed by atoms with Gasteiger partial charge in [0.25, 0.3) is 0 Å². The Morgan fingerprint density at radius 1 is 0.829 bits per heavy atom. The minimum absolute atomic E-state index is 0.00744. The van der Waals surface area contributed by atoms with Crippen LogP contribution in [0.4, 0.5) is 0 Å². The largest absolute Gasteiger partial charge is 0.489 e. The minimum atomic E-state index is -1.16. The zero-order valence-electron chi connectivity index (χ0n) is 23.0. The van der Waals surface area contributed by atoms with E-state index in [4.69, 9.17) is 9.57 Å². The van der Waals surface area contributed by atoms with E-state index in [0.717, 1.165) is 52.1 Å². The Balaban J connectivity index is 1.43. The van der Waals surface area contributed by atoms with Crippen molar-refractivity contribution >= 4 is 17.7 Å². The van der Waals surface area contributed by atoms with E-state index in [0.29, 0.717) is 24.5 Å². The van der Waals surface area contributed by atoms with Crippen molar-refractivity contribution in [2.45, 2.75) is 38.7 Å². The van der Waals surface area contributed by atoms with Crippen LogP contribution in [0.2, 0.25) is 0 Å². The summed E-state index contributed by atoms with van der Waals surface area (Å²) in [5.74, 6) is -1.10. The first-order valence-corrected chi connectivity index (χ1v) is 13.5. The quantitative estimate of drug-likeness (QED) is 0.157. The lowest BCUT2D eigenvalue weighted by Gasteiger charge is -2.18. The molecule has 1 aliphatic rings. The van der Waals surface area contributed by atoms with E-state index in [9.17, 15) is 19.8 Å². The van der Waals surface area contributed by atoms with Crippen molar-refractivity contribution in [2.75, 3.05) is 7.11 Å². The number of hydrogen-bond acceptors (Lipinski definition) is 5. The fourth-order valence-corrected chi connectivity index (χ4v) is 5.11. The molecule has 7 heteroatoms. The molecule has 0 aromatic heterocycles. The molecule has 1 aliphatic carbocycles. The second-order valence-electron chi connectivity index (χ2n) is 10.2. The highest BCUT2D eigenvalue weighted by molar-refractivity contribution is 6.12. The molecule has 0 heterocycles. The number of ether oxygens (including phenoxy) is 1. The fraction of sp³-hybridized carbons (Fsp3) is 0.206. The first-order valence-electron chi connectivity index (χ1n) is 13.5. The maximum Gasteiger partial charge on any atom is 0.336 e. The summed E-state index contributed by atoms with van der Waals surface area (Å²) < 4.78 is 6.38. The van der Waals surface area contributed by atoms with Crippen molar-refractivity contribution in [1.29, 1.82) is 0 Å². The van der Waals surface area contributed by atoms with Crippen LogP contribution in [-0.4, -0.2) is 35.0 Å². The molecule has 0 atom stereocenters. The second-order valence-corrected chi connectivity index (χ2v) is 10.2. The molecule has 0 radical (unpaired) electrons. The Labute approximate surface area is 238 Å². The molecule has 0 amide bonds. The molecule has 0 spiro atoms. The Kier molecular flexibility index (Phi) is 8.15. The molecule has 0 bridgehead atoms. The molecule has 4 aromatic carbocycles. The molecule has 0 unspecified atom stereocenters. The normalized spacial score (nSPS) is 13.1. The standard InChI is InChI=1S/C34H31NO6/c1-21-17-26(32(35-40-2)23-7-4-3-5-8-23)15-16-31(21)41-20-30-24(9-6-10-28(30)22-11-12-22)18-25-13-14-27(33(36)37)19-29(25)34(38)39/h3-10,13-17,19,22H,11-12,18,20H2,1-2H3,(H,36,37)(H,38,39). The van der Waals surface area contributed by atoms with Gasteiger partial charge in [-0.15, -0.1) is 0 Å². The summed E-state index contributed by atoms with van der Waals surface area (Å²) in [6, 6.07) is 26.1. The van der Waals surface area contributed by atoms with E-state index < -0.39 is 11.9 Å². The smallest absolute Gasteiger partial charge is 0.336 e. The minimum Gasteiger partial charge on any atom is -0.489 e. The number of aromatic carboxylic acids is 2. The van der Waals surface area contributed by atoms with Crippen molar-refractivity contribution in [3.63, 3.8) is 0 Å². The van der Waals surface area contributed by atoms with Crippen LogP contribution < -0.4 is 4.74 Å². The van der Waals surface area contributed by atoms with E-state index >= 15 is 0 Å². The van der Waals surface area contributed by atoms with Gasteiger partial charge in [-0.05, 0) is 90.3 Å². The molecule has 41 heavy (non-hydrogen) atoms. The molecular formula is C34H31NO6. The van der Waals surface area contributed by atoms with E-state index in [2.05, 4.69) is 11.2 Å². The SMILES string of the molecule is CON=C(c1ccccc1)c1ccc(OCc2c(Cc3ccc(C(=O)O)cc3C(=O)O)cccc2C2CC2)c(C)c1. The number of carboxylic acid groups (broad SMARTS) is 2. The maximum absolute atomic E-state index is 12.0. The average Bonchev–Trinajstić information content (AvgIpc) is 3.82.